The number of carbonyl (C=O) groups is 1. The molecule has 0 unspecified atom stereocenters. The molecule has 0 heterocycles. The van der Waals surface area contributed by atoms with Crippen LogP contribution in [0.2, 0.25) is 0 Å². The maximum atomic E-state index is 12.3. The summed E-state index contributed by atoms with van der Waals surface area (Å²) in [6.07, 6.45) is 5.84. The van der Waals surface area contributed by atoms with Crippen molar-refractivity contribution in [2.75, 3.05) is 13.7 Å². The second kappa shape index (κ2) is 8.23. The zero-order chi connectivity index (χ0) is 17.7. The number of ether oxygens (including phenoxy) is 3. The smallest absolute Gasteiger partial charge is 0.344 e. The Balaban J connectivity index is 2.05. The minimum Gasteiger partial charge on any atom is -0.493 e. The summed E-state index contributed by atoms with van der Waals surface area (Å²) in [5, 5.41) is 0. The monoisotopic (exact) mass is 444 g/mol. The van der Waals surface area contributed by atoms with E-state index in [9.17, 15) is 4.79 Å². The summed E-state index contributed by atoms with van der Waals surface area (Å²) in [5.41, 5.74) is 0.612. The van der Waals surface area contributed by atoms with Crippen LogP contribution in [0.25, 0.3) is 6.08 Å². The predicted octanol–water partition coefficient (Wildman–Crippen LogP) is 4.83. The van der Waals surface area contributed by atoms with Gasteiger partial charge in [0.2, 0.25) is 0 Å². The summed E-state index contributed by atoms with van der Waals surface area (Å²) in [5.74, 6) is 1.14. The van der Waals surface area contributed by atoms with Gasteiger partial charge in [-0.25, -0.2) is 4.79 Å². The van der Waals surface area contributed by atoms with Crippen LogP contribution >= 0.6 is 22.6 Å². The number of methoxy groups -OCH3 is 1. The average Bonchev–Trinajstić information content (AvgIpc) is 3.02. The standard InChI is InChI=1S/C19H25IO4/c1-5-14-10-15(20)18(16(11-14)22-4)23-12-17(21)24-19(13(2)3)8-6-7-9-19/h5,10-11,13H,1,6-9,12H2,2-4H3. The van der Waals surface area contributed by atoms with Crippen LogP contribution in [-0.4, -0.2) is 25.3 Å². The molecule has 4 nitrogen and oxygen atoms in total. The Hall–Kier alpha value is -1.24. The third-order valence-electron chi connectivity index (χ3n) is 4.64. The van der Waals surface area contributed by atoms with Gasteiger partial charge in [-0.3, -0.25) is 0 Å². The third-order valence-corrected chi connectivity index (χ3v) is 5.44. The molecule has 0 amide bonds. The fraction of sp³-hybridized carbons (Fsp3) is 0.526. The van der Waals surface area contributed by atoms with E-state index in [-0.39, 0.29) is 18.2 Å². The molecule has 1 aliphatic rings. The molecule has 1 saturated carbocycles. The Morgan fingerprint density at radius 1 is 1.38 bits per heavy atom. The van der Waals surface area contributed by atoms with Crippen LogP contribution in [0.4, 0.5) is 0 Å². The quantitative estimate of drug-likeness (QED) is 0.446. The summed E-state index contributed by atoms with van der Waals surface area (Å²) in [7, 11) is 1.58. The number of benzene rings is 1. The average molecular weight is 444 g/mol. The summed E-state index contributed by atoms with van der Waals surface area (Å²) in [6, 6.07) is 3.77. The first kappa shape index (κ1) is 19.1. The van der Waals surface area contributed by atoms with Crippen LogP contribution in [0.5, 0.6) is 11.5 Å². The molecule has 0 saturated heterocycles. The molecule has 0 radical (unpaired) electrons. The van der Waals surface area contributed by atoms with Crippen molar-refractivity contribution in [3.05, 3.63) is 27.8 Å². The molecule has 0 aromatic heterocycles. The molecule has 0 spiro atoms. The third kappa shape index (κ3) is 4.23. The molecule has 0 N–H and O–H groups in total. The number of halogens is 1. The van der Waals surface area contributed by atoms with Crippen LogP contribution in [0.15, 0.2) is 18.7 Å². The Kier molecular flexibility index (Phi) is 6.54. The van der Waals surface area contributed by atoms with E-state index in [0.29, 0.717) is 17.4 Å². The highest BCUT2D eigenvalue weighted by Gasteiger charge is 2.40. The Bertz CT molecular complexity index is 604. The van der Waals surface area contributed by atoms with E-state index in [1.54, 1.807) is 13.2 Å². The summed E-state index contributed by atoms with van der Waals surface area (Å²) >= 11 is 2.16. The van der Waals surface area contributed by atoms with Gasteiger partial charge in [-0.1, -0.05) is 26.5 Å². The fourth-order valence-electron chi connectivity index (χ4n) is 3.16. The molecule has 1 aromatic rings. The van der Waals surface area contributed by atoms with E-state index < -0.39 is 0 Å². The lowest BCUT2D eigenvalue weighted by Gasteiger charge is -2.33. The van der Waals surface area contributed by atoms with Gasteiger partial charge in [-0.2, -0.15) is 0 Å². The van der Waals surface area contributed by atoms with Crippen LogP contribution in [0, 0.1) is 9.49 Å². The van der Waals surface area contributed by atoms with E-state index in [2.05, 4.69) is 43.0 Å². The van der Waals surface area contributed by atoms with Crippen LogP contribution in [0.1, 0.15) is 45.1 Å². The predicted molar refractivity (Wildman–Crippen MR) is 103 cm³/mol. The Morgan fingerprint density at radius 3 is 2.58 bits per heavy atom. The highest BCUT2D eigenvalue weighted by atomic mass is 127. The second-order valence-corrected chi connectivity index (χ2v) is 7.59. The van der Waals surface area contributed by atoms with Gasteiger partial charge in [-0.15, -0.1) is 0 Å². The van der Waals surface area contributed by atoms with Crippen molar-refractivity contribution < 1.29 is 19.0 Å². The van der Waals surface area contributed by atoms with Crippen LogP contribution in [-0.2, 0) is 9.53 Å². The normalized spacial score (nSPS) is 16.0. The molecular weight excluding hydrogens is 419 g/mol. The summed E-state index contributed by atoms with van der Waals surface area (Å²) < 4.78 is 17.8. The van der Waals surface area contributed by atoms with E-state index >= 15 is 0 Å². The topological polar surface area (TPSA) is 44.8 Å². The highest BCUT2D eigenvalue weighted by molar-refractivity contribution is 14.1. The summed E-state index contributed by atoms with van der Waals surface area (Å²) in [6.45, 7) is 7.86. The minimum atomic E-state index is -0.329. The molecule has 1 aromatic carbocycles. The second-order valence-electron chi connectivity index (χ2n) is 6.43. The van der Waals surface area contributed by atoms with E-state index in [4.69, 9.17) is 14.2 Å². The van der Waals surface area contributed by atoms with Gasteiger partial charge in [0, 0.05) is 0 Å². The van der Waals surface area contributed by atoms with Gasteiger partial charge in [0.05, 0.1) is 10.7 Å². The molecule has 0 bridgehead atoms. The van der Waals surface area contributed by atoms with Crippen molar-refractivity contribution in [3.63, 3.8) is 0 Å². The zero-order valence-electron chi connectivity index (χ0n) is 14.6. The highest BCUT2D eigenvalue weighted by Crippen LogP contribution is 2.39. The van der Waals surface area contributed by atoms with Crippen LogP contribution < -0.4 is 9.47 Å². The van der Waals surface area contributed by atoms with E-state index in [1.807, 2.05) is 12.1 Å². The van der Waals surface area contributed by atoms with Gasteiger partial charge >= 0.3 is 5.97 Å². The molecule has 0 atom stereocenters. The first-order valence-electron chi connectivity index (χ1n) is 8.26. The van der Waals surface area contributed by atoms with Gasteiger partial charge < -0.3 is 14.2 Å². The van der Waals surface area contributed by atoms with E-state index in [0.717, 1.165) is 34.8 Å². The lowest BCUT2D eigenvalue weighted by Crippen LogP contribution is -2.39. The lowest BCUT2D eigenvalue weighted by molar-refractivity contribution is -0.166. The maximum absolute atomic E-state index is 12.3. The molecule has 24 heavy (non-hydrogen) atoms. The van der Waals surface area contributed by atoms with Crippen molar-refractivity contribution >= 4 is 34.6 Å². The van der Waals surface area contributed by atoms with Gasteiger partial charge in [0.1, 0.15) is 5.60 Å². The molecule has 5 heteroatoms. The number of esters is 1. The number of carbonyl (C=O) groups excluding carboxylic acids is 1. The van der Waals surface area contributed by atoms with Crippen molar-refractivity contribution in [2.24, 2.45) is 5.92 Å². The van der Waals surface area contributed by atoms with Crippen molar-refractivity contribution in [2.45, 2.75) is 45.1 Å². The SMILES string of the molecule is C=Cc1cc(I)c(OCC(=O)OC2(C(C)C)CCCC2)c(OC)c1. The van der Waals surface area contributed by atoms with Gasteiger partial charge in [0.15, 0.2) is 18.1 Å². The van der Waals surface area contributed by atoms with E-state index in [1.165, 1.54) is 0 Å². The van der Waals surface area contributed by atoms with Crippen molar-refractivity contribution in [3.8, 4) is 11.5 Å². The van der Waals surface area contributed by atoms with Crippen LogP contribution in [0.3, 0.4) is 0 Å². The first-order chi connectivity index (χ1) is 11.4. The fourth-order valence-corrected chi connectivity index (χ4v) is 3.94. The molecule has 1 aliphatic carbocycles. The van der Waals surface area contributed by atoms with Crippen molar-refractivity contribution in [1.82, 2.24) is 0 Å². The number of hydrogen-bond acceptors (Lipinski definition) is 4. The molecule has 0 aliphatic heterocycles. The zero-order valence-corrected chi connectivity index (χ0v) is 16.7. The molecular formula is C19H25IO4. The molecule has 2 rings (SSSR count). The van der Waals surface area contributed by atoms with Gasteiger partial charge in [0.25, 0.3) is 0 Å². The number of rotatable bonds is 7. The first-order valence-corrected chi connectivity index (χ1v) is 9.34. The lowest BCUT2D eigenvalue weighted by atomic mass is 9.88. The largest absolute Gasteiger partial charge is 0.493 e. The summed E-state index contributed by atoms with van der Waals surface area (Å²) in [4.78, 5) is 12.3. The molecule has 132 valence electrons. The Morgan fingerprint density at radius 2 is 2.04 bits per heavy atom. The maximum Gasteiger partial charge on any atom is 0.344 e. The number of hydrogen-bond donors (Lipinski definition) is 0. The molecule has 1 fully saturated rings. The van der Waals surface area contributed by atoms with Crippen molar-refractivity contribution in [1.29, 1.82) is 0 Å². The Labute approximate surface area is 157 Å². The minimum absolute atomic E-state index is 0.117. The van der Waals surface area contributed by atoms with Gasteiger partial charge in [-0.05, 0) is 71.9 Å².